The van der Waals surface area contributed by atoms with Crippen molar-refractivity contribution in [3.05, 3.63) is 40.4 Å². The van der Waals surface area contributed by atoms with Crippen LogP contribution in [0, 0.1) is 5.92 Å². The van der Waals surface area contributed by atoms with E-state index in [1.54, 1.807) is 19.9 Å². The summed E-state index contributed by atoms with van der Waals surface area (Å²) in [5, 5.41) is 5.72. The van der Waals surface area contributed by atoms with Crippen LogP contribution in [0.4, 0.5) is 17.5 Å². The number of nitrogens with one attached hydrogen (secondary N) is 3. The van der Waals surface area contributed by atoms with Crippen LogP contribution in [0.1, 0.15) is 76.6 Å². The molecule has 1 atom stereocenters. The molecule has 1 aliphatic rings. The molecule has 2 amide bonds. The molecule has 9 nitrogen and oxygen atoms in total. The number of anilines is 3. The van der Waals surface area contributed by atoms with Gasteiger partial charge in [0.25, 0.3) is 11.5 Å². The third kappa shape index (κ3) is 7.49. The molecule has 3 heterocycles. The summed E-state index contributed by atoms with van der Waals surface area (Å²) in [5.74, 6) is -0.412. The fourth-order valence-corrected chi connectivity index (χ4v) is 3.99. The number of nitrogens with zero attached hydrogens (tertiary/aromatic N) is 3. The number of rotatable bonds is 10. The summed E-state index contributed by atoms with van der Waals surface area (Å²) in [7, 11) is 0. The average molecular weight is 597 g/mol. The van der Waals surface area contributed by atoms with Crippen LogP contribution >= 0.6 is 0 Å². The summed E-state index contributed by atoms with van der Waals surface area (Å²) >= 11 is 0. The number of carbonyl (C=O) groups excluding carboxylic acids is 2. The van der Waals surface area contributed by atoms with Gasteiger partial charge >= 0.3 is 0 Å². The lowest BCUT2D eigenvalue weighted by Crippen LogP contribution is -3.00. The molecule has 1 aliphatic heterocycles. The van der Waals surface area contributed by atoms with Gasteiger partial charge in [0, 0.05) is 24.9 Å². The minimum absolute atomic E-state index is 0. The van der Waals surface area contributed by atoms with Gasteiger partial charge < -0.3 is 29.3 Å². The molecule has 3 rings (SSSR count). The summed E-state index contributed by atoms with van der Waals surface area (Å²) in [5.41, 5.74) is 0.203. The number of halogens is 1. The van der Waals surface area contributed by atoms with E-state index in [9.17, 15) is 14.4 Å². The summed E-state index contributed by atoms with van der Waals surface area (Å²) in [6.07, 6.45) is 11.1. The van der Waals surface area contributed by atoms with Gasteiger partial charge in [-0.1, -0.05) is 46.5 Å². The number of H-pyrrole nitrogens is 1. The second kappa shape index (κ2) is 13.6. The van der Waals surface area contributed by atoms with Crippen LogP contribution in [-0.4, -0.2) is 34.4 Å². The van der Waals surface area contributed by atoms with Crippen molar-refractivity contribution in [2.75, 3.05) is 22.1 Å². The zero-order chi connectivity index (χ0) is 24.7. The number of aryl methyl sites for hydroxylation is 1. The highest BCUT2D eigenvalue weighted by Crippen LogP contribution is 2.28. The van der Waals surface area contributed by atoms with Gasteiger partial charge in [-0.25, -0.2) is 4.57 Å². The van der Waals surface area contributed by atoms with Gasteiger partial charge in [0.15, 0.2) is 23.9 Å². The quantitative estimate of drug-likeness (QED) is 0.210. The second-order valence-electron chi connectivity index (χ2n) is 9.26. The Hall–Kier alpha value is -2.50. The maximum absolute atomic E-state index is 13.5. The monoisotopic (exact) mass is 596 g/mol. The van der Waals surface area contributed by atoms with Gasteiger partial charge in [0.1, 0.15) is 12.1 Å². The summed E-state index contributed by atoms with van der Waals surface area (Å²) < 4.78 is 2.04. The minimum Gasteiger partial charge on any atom is -1.00 e. The van der Waals surface area contributed by atoms with Gasteiger partial charge in [-0.05, 0) is 19.4 Å². The molecular weight excluding hydrogens is 559 g/mol. The van der Waals surface area contributed by atoms with E-state index >= 15 is 0 Å². The lowest BCUT2D eigenvalue weighted by atomic mass is 10.1. The molecule has 3 N–H and O–H groups in total. The molecule has 35 heavy (non-hydrogen) atoms. The number of amides is 2. The average Bonchev–Trinajstić information content (AvgIpc) is 2.81. The first-order valence-electron chi connectivity index (χ1n) is 12.3. The van der Waals surface area contributed by atoms with Crippen molar-refractivity contribution in [1.29, 1.82) is 0 Å². The maximum Gasteiger partial charge on any atom is 0.278 e. The standard InChI is InChI=1S/C25H36N6O3.HI/c1-5-6-7-8-9-10-13-30-14-11-12-19(16-30)24(34)31-18(4)15-26-21-20(31)23(33)29-25(27-21)28-22(32)17(2)3;/h11-12,14,16-18H,5-10,13,15H2,1-4H3,(H2-,26,27,28,29,32,33);1H. The largest absolute Gasteiger partial charge is 1.00 e. The van der Waals surface area contributed by atoms with Gasteiger partial charge in [-0.3, -0.25) is 29.6 Å². The predicted octanol–water partition coefficient (Wildman–Crippen LogP) is 0.477. The van der Waals surface area contributed by atoms with Crippen molar-refractivity contribution in [2.24, 2.45) is 5.92 Å². The molecule has 192 valence electrons. The van der Waals surface area contributed by atoms with Crippen molar-refractivity contribution in [3.63, 3.8) is 0 Å². The Bertz CT molecular complexity index is 1070. The molecule has 2 aromatic rings. The third-order valence-corrected chi connectivity index (χ3v) is 6.00. The fourth-order valence-electron chi connectivity index (χ4n) is 3.99. The normalized spacial score (nSPS) is 14.7. The highest BCUT2D eigenvalue weighted by Gasteiger charge is 2.33. The van der Waals surface area contributed by atoms with Crippen molar-refractivity contribution in [1.82, 2.24) is 9.97 Å². The Morgan fingerprint density at radius 1 is 1.23 bits per heavy atom. The van der Waals surface area contributed by atoms with Crippen molar-refractivity contribution >= 4 is 29.3 Å². The van der Waals surface area contributed by atoms with Gasteiger partial charge in [-0.2, -0.15) is 4.98 Å². The minimum atomic E-state index is -0.479. The first kappa shape index (κ1) is 28.7. The molecule has 0 spiro atoms. The number of hydrogen-bond acceptors (Lipinski definition) is 5. The first-order valence-corrected chi connectivity index (χ1v) is 12.3. The number of carbonyl (C=O) groups is 2. The SMILES string of the molecule is CCCCCCCC[n+]1cccc(C(=O)N2c3c(nc(NC(=O)C(C)C)[nH]c3=O)NCC2C)c1.[I-]. The molecule has 2 aromatic heterocycles. The number of hydrogen-bond donors (Lipinski definition) is 3. The van der Waals surface area contributed by atoms with Crippen LogP contribution in [0.5, 0.6) is 0 Å². The number of pyridine rings is 1. The van der Waals surface area contributed by atoms with E-state index in [-0.39, 0.29) is 65.2 Å². The van der Waals surface area contributed by atoms with Crippen molar-refractivity contribution in [3.8, 4) is 0 Å². The van der Waals surface area contributed by atoms with E-state index in [1.165, 1.54) is 37.0 Å². The fraction of sp³-hybridized carbons (Fsp3) is 0.560. The molecule has 0 aromatic carbocycles. The molecule has 0 saturated heterocycles. The van der Waals surface area contributed by atoms with E-state index in [0.29, 0.717) is 12.1 Å². The number of aromatic nitrogens is 3. The number of unbranched alkanes of at least 4 members (excludes halogenated alkanes) is 5. The van der Waals surface area contributed by atoms with Gasteiger partial charge in [0.2, 0.25) is 11.9 Å². The smallest absolute Gasteiger partial charge is 0.278 e. The number of aromatic amines is 1. The zero-order valence-electron chi connectivity index (χ0n) is 21.1. The van der Waals surface area contributed by atoms with Gasteiger partial charge in [-0.15, -0.1) is 0 Å². The van der Waals surface area contributed by atoms with Crippen molar-refractivity contribution in [2.45, 2.75) is 78.8 Å². The lowest BCUT2D eigenvalue weighted by Gasteiger charge is -2.34. The van der Waals surface area contributed by atoms with Crippen LogP contribution in [0.15, 0.2) is 29.3 Å². The van der Waals surface area contributed by atoms with Crippen LogP contribution in [0.3, 0.4) is 0 Å². The van der Waals surface area contributed by atoms with Gasteiger partial charge in [0.05, 0.1) is 6.04 Å². The molecule has 1 unspecified atom stereocenters. The number of fused-ring (bicyclic) bond motifs is 1. The highest BCUT2D eigenvalue weighted by atomic mass is 127. The van der Waals surface area contributed by atoms with E-state index < -0.39 is 5.56 Å². The Morgan fingerprint density at radius 2 is 1.94 bits per heavy atom. The summed E-state index contributed by atoms with van der Waals surface area (Å²) in [6, 6.07) is 3.39. The zero-order valence-corrected chi connectivity index (χ0v) is 23.2. The van der Waals surface area contributed by atoms with Crippen LogP contribution in [0.25, 0.3) is 0 Å². The Kier molecular flexibility index (Phi) is 11.1. The van der Waals surface area contributed by atoms with E-state index in [0.717, 1.165) is 13.0 Å². The van der Waals surface area contributed by atoms with E-state index in [1.807, 2.05) is 30.0 Å². The topological polar surface area (TPSA) is 111 Å². The van der Waals surface area contributed by atoms with Crippen LogP contribution in [0.2, 0.25) is 0 Å². The second-order valence-corrected chi connectivity index (χ2v) is 9.26. The van der Waals surface area contributed by atoms with E-state index in [2.05, 4.69) is 27.5 Å². The Morgan fingerprint density at radius 3 is 2.66 bits per heavy atom. The molecule has 0 bridgehead atoms. The highest BCUT2D eigenvalue weighted by molar-refractivity contribution is 6.08. The van der Waals surface area contributed by atoms with E-state index in [4.69, 9.17) is 0 Å². The first-order chi connectivity index (χ1) is 16.3. The molecule has 0 saturated carbocycles. The predicted molar refractivity (Wildman–Crippen MR) is 133 cm³/mol. The summed E-state index contributed by atoms with van der Waals surface area (Å²) in [4.78, 5) is 46.9. The molecule has 0 radical (unpaired) electrons. The Labute approximate surface area is 224 Å². The maximum atomic E-state index is 13.5. The van der Waals surface area contributed by atoms with Crippen LogP contribution < -0.4 is 49.6 Å². The molecule has 0 fully saturated rings. The summed E-state index contributed by atoms with van der Waals surface area (Å²) in [6.45, 7) is 8.90. The van der Waals surface area contributed by atoms with Crippen LogP contribution in [-0.2, 0) is 11.3 Å². The Balaban J connectivity index is 0.00000432. The third-order valence-electron chi connectivity index (χ3n) is 6.00. The van der Waals surface area contributed by atoms with Crippen molar-refractivity contribution < 1.29 is 38.1 Å². The molecule has 10 heteroatoms. The lowest BCUT2D eigenvalue weighted by molar-refractivity contribution is -0.697. The molecule has 0 aliphatic carbocycles. The molecular formula is C25H37IN6O3.